The van der Waals surface area contributed by atoms with Crippen LogP contribution in [0.15, 0.2) is 29.4 Å². The predicted molar refractivity (Wildman–Crippen MR) is 104 cm³/mol. The first-order valence-corrected chi connectivity index (χ1v) is 10.7. The lowest BCUT2D eigenvalue weighted by molar-refractivity contribution is -0.134. The standard InChI is InChI=1S/C20H25FN4OS/c1-13-6-5-7-14(2)24(13)18(26)12-27-20-23-22-19(25(20)15-10-11-15)16-8-3-4-9-17(16)21/h3-4,8-9,13-15H,5-7,10-12H2,1-2H3/t13-,14+. The van der Waals surface area contributed by atoms with E-state index in [9.17, 15) is 9.18 Å². The van der Waals surface area contributed by atoms with E-state index >= 15 is 0 Å². The molecule has 1 aliphatic carbocycles. The number of carbonyl (C=O) groups excluding carboxylic acids is 1. The van der Waals surface area contributed by atoms with Crippen LogP contribution < -0.4 is 0 Å². The molecular formula is C20H25FN4OS. The quantitative estimate of drug-likeness (QED) is 0.717. The Morgan fingerprint density at radius 2 is 1.85 bits per heavy atom. The van der Waals surface area contributed by atoms with Gasteiger partial charge in [-0.15, -0.1) is 10.2 Å². The van der Waals surface area contributed by atoms with Crippen molar-refractivity contribution in [2.24, 2.45) is 0 Å². The van der Waals surface area contributed by atoms with Crippen molar-refractivity contribution in [1.29, 1.82) is 0 Å². The van der Waals surface area contributed by atoms with Crippen LogP contribution >= 0.6 is 11.8 Å². The van der Waals surface area contributed by atoms with Gasteiger partial charge in [-0.05, 0) is 58.1 Å². The molecule has 7 heteroatoms. The van der Waals surface area contributed by atoms with Crippen molar-refractivity contribution in [3.63, 3.8) is 0 Å². The van der Waals surface area contributed by atoms with Gasteiger partial charge in [0.15, 0.2) is 11.0 Å². The number of carbonyl (C=O) groups is 1. The molecule has 0 radical (unpaired) electrons. The molecule has 4 rings (SSSR count). The molecule has 5 nitrogen and oxygen atoms in total. The average molecular weight is 389 g/mol. The van der Waals surface area contributed by atoms with E-state index in [1.807, 2.05) is 9.47 Å². The fourth-order valence-corrected chi connectivity index (χ4v) is 4.85. The number of hydrogen-bond acceptors (Lipinski definition) is 4. The Kier molecular flexibility index (Phi) is 5.21. The molecule has 1 amide bonds. The topological polar surface area (TPSA) is 51.0 Å². The summed E-state index contributed by atoms with van der Waals surface area (Å²) in [5, 5.41) is 9.25. The number of hydrogen-bond donors (Lipinski definition) is 0. The summed E-state index contributed by atoms with van der Waals surface area (Å²) in [4.78, 5) is 14.8. The number of aromatic nitrogens is 3. The fourth-order valence-electron chi connectivity index (χ4n) is 3.98. The smallest absolute Gasteiger partial charge is 0.233 e. The molecule has 2 heterocycles. The molecular weight excluding hydrogens is 363 g/mol. The Morgan fingerprint density at radius 3 is 2.52 bits per heavy atom. The van der Waals surface area contributed by atoms with E-state index < -0.39 is 0 Å². The van der Waals surface area contributed by atoms with Crippen LogP contribution in [0.5, 0.6) is 0 Å². The van der Waals surface area contributed by atoms with Gasteiger partial charge in [-0.2, -0.15) is 0 Å². The van der Waals surface area contributed by atoms with E-state index in [1.165, 1.54) is 24.2 Å². The highest BCUT2D eigenvalue weighted by atomic mass is 32.2. The molecule has 2 fully saturated rings. The largest absolute Gasteiger partial charge is 0.337 e. The van der Waals surface area contributed by atoms with Crippen molar-refractivity contribution in [2.75, 3.05) is 5.75 Å². The van der Waals surface area contributed by atoms with E-state index in [1.54, 1.807) is 18.2 Å². The second-order valence-electron chi connectivity index (χ2n) is 7.61. The third-order valence-electron chi connectivity index (χ3n) is 5.50. The predicted octanol–water partition coefficient (Wildman–Crippen LogP) is 4.30. The summed E-state index contributed by atoms with van der Waals surface area (Å²) in [6.45, 7) is 4.25. The van der Waals surface area contributed by atoms with Crippen molar-refractivity contribution >= 4 is 17.7 Å². The lowest BCUT2D eigenvalue weighted by atomic mass is 9.98. The molecule has 0 bridgehead atoms. The Hall–Kier alpha value is -1.89. The van der Waals surface area contributed by atoms with Crippen LogP contribution in [0.3, 0.4) is 0 Å². The van der Waals surface area contributed by atoms with E-state index in [-0.39, 0.29) is 23.8 Å². The van der Waals surface area contributed by atoms with E-state index in [4.69, 9.17) is 0 Å². The molecule has 27 heavy (non-hydrogen) atoms. The number of thioether (sulfide) groups is 1. The molecule has 2 aliphatic rings. The van der Waals surface area contributed by atoms with Crippen LogP contribution in [0, 0.1) is 5.82 Å². The molecule has 1 aliphatic heterocycles. The number of benzene rings is 1. The van der Waals surface area contributed by atoms with Crippen LogP contribution in [-0.4, -0.2) is 43.4 Å². The zero-order chi connectivity index (χ0) is 19.0. The summed E-state index contributed by atoms with van der Waals surface area (Å²) in [6.07, 6.45) is 5.40. The highest BCUT2D eigenvalue weighted by Crippen LogP contribution is 2.41. The second kappa shape index (κ2) is 7.62. The SMILES string of the molecule is C[C@@H]1CCC[C@H](C)N1C(=O)CSc1nnc(-c2ccccc2F)n1C1CC1. The van der Waals surface area contributed by atoms with Gasteiger partial charge < -0.3 is 4.90 Å². The number of piperidine rings is 1. The molecule has 1 aromatic heterocycles. The summed E-state index contributed by atoms with van der Waals surface area (Å²) in [5.74, 6) is 0.759. The van der Waals surface area contributed by atoms with E-state index in [0.717, 1.165) is 25.7 Å². The van der Waals surface area contributed by atoms with Gasteiger partial charge in [-0.25, -0.2) is 4.39 Å². The maximum absolute atomic E-state index is 14.2. The van der Waals surface area contributed by atoms with Gasteiger partial charge in [0.2, 0.25) is 5.91 Å². The van der Waals surface area contributed by atoms with Crippen LogP contribution in [0.1, 0.15) is 52.0 Å². The minimum Gasteiger partial charge on any atom is -0.337 e. The number of halogens is 1. The molecule has 1 aromatic carbocycles. The molecule has 2 atom stereocenters. The third kappa shape index (κ3) is 3.74. The lowest BCUT2D eigenvalue weighted by Crippen LogP contribution is -2.48. The normalized spacial score (nSPS) is 22.9. The number of nitrogens with zero attached hydrogens (tertiary/aromatic N) is 4. The van der Waals surface area contributed by atoms with Gasteiger partial charge in [0.05, 0.1) is 11.3 Å². The Balaban J connectivity index is 1.53. The van der Waals surface area contributed by atoms with E-state index in [0.29, 0.717) is 28.3 Å². The zero-order valence-corrected chi connectivity index (χ0v) is 16.6. The molecule has 144 valence electrons. The van der Waals surface area contributed by atoms with Crippen LogP contribution in [0.4, 0.5) is 4.39 Å². The molecule has 0 spiro atoms. The van der Waals surface area contributed by atoms with Gasteiger partial charge in [0, 0.05) is 18.1 Å². The Labute approximate surface area is 163 Å². The van der Waals surface area contributed by atoms with Crippen LogP contribution in [-0.2, 0) is 4.79 Å². The van der Waals surface area contributed by atoms with Gasteiger partial charge in [-0.3, -0.25) is 9.36 Å². The average Bonchev–Trinajstić information content (AvgIpc) is 3.40. The van der Waals surface area contributed by atoms with Gasteiger partial charge in [-0.1, -0.05) is 23.9 Å². The van der Waals surface area contributed by atoms with Crippen LogP contribution in [0.2, 0.25) is 0 Å². The first-order valence-electron chi connectivity index (χ1n) is 9.70. The lowest BCUT2D eigenvalue weighted by Gasteiger charge is -2.39. The first-order chi connectivity index (χ1) is 13.1. The van der Waals surface area contributed by atoms with Gasteiger partial charge in [0.1, 0.15) is 5.82 Å². The summed E-state index contributed by atoms with van der Waals surface area (Å²) in [6, 6.07) is 7.53. The maximum Gasteiger partial charge on any atom is 0.233 e. The van der Waals surface area contributed by atoms with Crippen molar-refractivity contribution < 1.29 is 9.18 Å². The number of rotatable bonds is 5. The van der Waals surface area contributed by atoms with Crippen molar-refractivity contribution in [2.45, 2.75) is 69.2 Å². The van der Waals surface area contributed by atoms with Crippen molar-refractivity contribution in [1.82, 2.24) is 19.7 Å². The Bertz CT molecular complexity index is 825. The van der Waals surface area contributed by atoms with Gasteiger partial charge in [0.25, 0.3) is 0 Å². The molecule has 0 N–H and O–H groups in total. The summed E-state index contributed by atoms with van der Waals surface area (Å²) in [7, 11) is 0. The summed E-state index contributed by atoms with van der Waals surface area (Å²) >= 11 is 1.42. The first kappa shape index (κ1) is 18.5. The molecule has 1 saturated heterocycles. The Morgan fingerprint density at radius 1 is 1.15 bits per heavy atom. The minimum atomic E-state index is -0.296. The maximum atomic E-state index is 14.2. The van der Waals surface area contributed by atoms with Crippen molar-refractivity contribution in [3.05, 3.63) is 30.1 Å². The van der Waals surface area contributed by atoms with Crippen LogP contribution in [0.25, 0.3) is 11.4 Å². The molecule has 1 saturated carbocycles. The van der Waals surface area contributed by atoms with Gasteiger partial charge >= 0.3 is 0 Å². The highest BCUT2D eigenvalue weighted by molar-refractivity contribution is 7.99. The second-order valence-corrected chi connectivity index (χ2v) is 8.55. The zero-order valence-electron chi connectivity index (χ0n) is 15.8. The fraction of sp³-hybridized carbons (Fsp3) is 0.550. The minimum absolute atomic E-state index is 0.150. The molecule has 0 unspecified atom stereocenters. The highest BCUT2D eigenvalue weighted by Gasteiger charge is 2.32. The molecule has 2 aromatic rings. The van der Waals surface area contributed by atoms with E-state index in [2.05, 4.69) is 24.0 Å². The third-order valence-corrected chi connectivity index (χ3v) is 6.43. The van der Waals surface area contributed by atoms with Crippen molar-refractivity contribution in [3.8, 4) is 11.4 Å². The summed E-state index contributed by atoms with van der Waals surface area (Å²) in [5.41, 5.74) is 0.466. The number of likely N-dealkylation sites (tertiary alicyclic amines) is 1. The number of amides is 1. The monoisotopic (exact) mass is 388 g/mol. The summed E-state index contributed by atoms with van der Waals surface area (Å²) < 4.78 is 16.3.